The molecule has 1 amide bonds. The standard InChI is InChI=1S/C14H15NO3/c1-9(16)15-8-11-4-3-10-7-12(18-2)5-6-13(10)14(11)17/h5-8H,3-4H2,1-2H3,(H,15,16)/b11-8-. The van der Waals surface area contributed by atoms with Crippen LogP contribution in [0.5, 0.6) is 5.75 Å². The van der Waals surface area contributed by atoms with Gasteiger partial charge < -0.3 is 10.1 Å². The molecule has 1 aromatic rings. The van der Waals surface area contributed by atoms with Gasteiger partial charge in [0.2, 0.25) is 5.91 Å². The lowest BCUT2D eigenvalue weighted by molar-refractivity contribution is -0.118. The number of benzene rings is 1. The Morgan fingerprint density at radius 1 is 1.39 bits per heavy atom. The average Bonchev–Trinajstić information content (AvgIpc) is 2.37. The van der Waals surface area contributed by atoms with E-state index < -0.39 is 0 Å². The number of ether oxygens (including phenoxy) is 1. The lowest BCUT2D eigenvalue weighted by atomic mass is 9.87. The first-order valence-electron chi connectivity index (χ1n) is 5.79. The third-order valence-electron chi connectivity index (χ3n) is 2.96. The Morgan fingerprint density at radius 3 is 2.83 bits per heavy atom. The number of ketones is 1. The summed E-state index contributed by atoms with van der Waals surface area (Å²) >= 11 is 0. The van der Waals surface area contributed by atoms with E-state index in [1.807, 2.05) is 6.07 Å². The van der Waals surface area contributed by atoms with E-state index in [0.29, 0.717) is 17.6 Å². The number of methoxy groups -OCH3 is 1. The van der Waals surface area contributed by atoms with Crippen molar-refractivity contribution in [2.45, 2.75) is 19.8 Å². The highest BCUT2D eigenvalue weighted by molar-refractivity contribution is 6.10. The summed E-state index contributed by atoms with van der Waals surface area (Å²) in [7, 11) is 1.61. The van der Waals surface area contributed by atoms with Crippen LogP contribution >= 0.6 is 0 Å². The molecule has 2 rings (SSSR count). The van der Waals surface area contributed by atoms with Gasteiger partial charge in [0.1, 0.15) is 5.75 Å². The Bertz CT molecular complexity index is 532. The van der Waals surface area contributed by atoms with Crippen molar-refractivity contribution in [1.82, 2.24) is 5.32 Å². The minimum Gasteiger partial charge on any atom is -0.497 e. The predicted octanol–water partition coefficient (Wildman–Crippen LogP) is 1.84. The zero-order valence-corrected chi connectivity index (χ0v) is 10.4. The van der Waals surface area contributed by atoms with Crippen molar-refractivity contribution in [2.75, 3.05) is 7.11 Å². The Morgan fingerprint density at radius 2 is 2.17 bits per heavy atom. The molecule has 0 saturated carbocycles. The molecule has 1 aliphatic rings. The van der Waals surface area contributed by atoms with Crippen molar-refractivity contribution in [2.24, 2.45) is 0 Å². The molecule has 4 nitrogen and oxygen atoms in total. The third kappa shape index (κ3) is 2.42. The molecule has 0 fully saturated rings. The molecule has 0 aliphatic heterocycles. The number of nitrogens with one attached hydrogen (secondary N) is 1. The fourth-order valence-electron chi connectivity index (χ4n) is 2.01. The van der Waals surface area contributed by atoms with Crippen LogP contribution in [0.1, 0.15) is 29.3 Å². The summed E-state index contributed by atoms with van der Waals surface area (Å²) in [5.74, 6) is 0.569. The minimum absolute atomic E-state index is 0.0207. The monoisotopic (exact) mass is 245 g/mol. The molecule has 0 radical (unpaired) electrons. The van der Waals surface area contributed by atoms with Crippen LogP contribution in [0.2, 0.25) is 0 Å². The van der Waals surface area contributed by atoms with Crippen LogP contribution in [0.15, 0.2) is 30.0 Å². The van der Waals surface area contributed by atoms with Crippen molar-refractivity contribution in [3.8, 4) is 5.75 Å². The first-order valence-corrected chi connectivity index (χ1v) is 5.79. The lowest BCUT2D eigenvalue weighted by Crippen LogP contribution is -2.19. The molecular formula is C14H15NO3. The maximum absolute atomic E-state index is 12.2. The zero-order chi connectivity index (χ0) is 13.1. The van der Waals surface area contributed by atoms with Crippen LogP contribution < -0.4 is 10.1 Å². The second-order valence-corrected chi connectivity index (χ2v) is 4.22. The van der Waals surface area contributed by atoms with E-state index in [2.05, 4.69) is 5.32 Å². The van der Waals surface area contributed by atoms with Crippen molar-refractivity contribution in [3.63, 3.8) is 0 Å². The van der Waals surface area contributed by atoms with E-state index in [9.17, 15) is 9.59 Å². The highest BCUT2D eigenvalue weighted by atomic mass is 16.5. The fraction of sp³-hybridized carbons (Fsp3) is 0.286. The quantitative estimate of drug-likeness (QED) is 0.809. The van der Waals surface area contributed by atoms with Gasteiger partial charge in [0, 0.05) is 24.3 Å². The Labute approximate surface area is 106 Å². The number of Topliss-reactive ketones (excluding diaryl/α,β-unsaturated/α-hetero) is 1. The average molecular weight is 245 g/mol. The van der Waals surface area contributed by atoms with E-state index in [-0.39, 0.29) is 11.7 Å². The molecular weight excluding hydrogens is 230 g/mol. The second-order valence-electron chi connectivity index (χ2n) is 4.22. The number of amides is 1. The summed E-state index contributed by atoms with van der Waals surface area (Å²) in [4.78, 5) is 23.0. The smallest absolute Gasteiger partial charge is 0.220 e. The first-order chi connectivity index (χ1) is 8.61. The van der Waals surface area contributed by atoms with Crippen LogP contribution in [0.25, 0.3) is 0 Å². The number of hydrogen-bond acceptors (Lipinski definition) is 3. The van der Waals surface area contributed by atoms with Gasteiger partial charge in [-0.05, 0) is 36.6 Å². The second kappa shape index (κ2) is 5.04. The first kappa shape index (κ1) is 12.4. The molecule has 0 bridgehead atoms. The van der Waals surface area contributed by atoms with E-state index >= 15 is 0 Å². The molecule has 1 N–H and O–H groups in total. The van der Waals surface area contributed by atoms with Crippen LogP contribution in [0, 0.1) is 0 Å². The van der Waals surface area contributed by atoms with Gasteiger partial charge in [0.25, 0.3) is 0 Å². The molecule has 0 unspecified atom stereocenters. The van der Waals surface area contributed by atoms with Crippen molar-refractivity contribution < 1.29 is 14.3 Å². The molecule has 4 heteroatoms. The topological polar surface area (TPSA) is 55.4 Å². The maximum Gasteiger partial charge on any atom is 0.220 e. The summed E-state index contributed by atoms with van der Waals surface area (Å²) < 4.78 is 5.14. The van der Waals surface area contributed by atoms with Gasteiger partial charge in [-0.2, -0.15) is 0 Å². The van der Waals surface area contributed by atoms with Crippen molar-refractivity contribution in [1.29, 1.82) is 0 Å². The van der Waals surface area contributed by atoms with Crippen LogP contribution in [0.4, 0.5) is 0 Å². The highest BCUT2D eigenvalue weighted by Crippen LogP contribution is 2.27. The SMILES string of the molecule is COc1ccc2c(c1)CC/C(=C/NC(C)=O)C2=O. The highest BCUT2D eigenvalue weighted by Gasteiger charge is 2.22. The van der Waals surface area contributed by atoms with Gasteiger partial charge in [-0.25, -0.2) is 0 Å². The summed E-state index contributed by atoms with van der Waals surface area (Å²) in [5, 5.41) is 2.55. The van der Waals surface area contributed by atoms with Crippen LogP contribution in [0.3, 0.4) is 0 Å². The zero-order valence-electron chi connectivity index (χ0n) is 10.4. The van der Waals surface area contributed by atoms with E-state index in [1.165, 1.54) is 13.1 Å². The van der Waals surface area contributed by atoms with E-state index in [1.54, 1.807) is 19.2 Å². The number of hydrogen-bond donors (Lipinski definition) is 1. The van der Waals surface area contributed by atoms with Crippen molar-refractivity contribution in [3.05, 3.63) is 41.1 Å². The molecule has 1 aromatic carbocycles. The molecule has 0 saturated heterocycles. The summed E-state index contributed by atoms with van der Waals surface area (Å²) in [6.07, 6.45) is 2.93. The Hall–Kier alpha value is -2.10. The number of carbonyl (C=O) groups is 2. The van der Waals surface area contributed by atoms with Gasteiger partial charge in [0.05, 0.1) is 7.11 Å². The normalized spacial score (nSPS) is 16.3. The van der Waals surface area contributed by atoms with Crippen LogP contribution in [-0.4, -0.2) is 18.8 Å². The Kier molecular flexibility index (Phi) is 3.46. The molecule has 0 spiro atoms. The molecule has 0 atom stereocenters. The number of carbonyl (C=O) groups excluding carboxylic acids is 2. The maximum atomic E-state index is 12.2. The van der Waals surface area contributed by atoms with Gasteiger partial charge >= 0.3 is 0 Å². The molecule has 1 aliphatic carbocycles. The number of fused-ring (bicyclic) bond motifs is 1. The van der Waals surface area contributed by atoms with Crippen molar-refractivity contribution >= 4 is 11.7 Å². The predicted molar refractivity (Wildman–Crippen MR) is 67.5 cm³/mol. The van der Waals surface area contributed by atoms with Gasteiger partial charge in [-0.15, -0.1) is 0 Å². The Balaban J connectivity index is 2.29. The molecule has 94 valence electrons. The molecule has 0 heterocycles. The van der Waals surface area contributed by atoms with E-state index in [4.69, 9.17) is 4.74 Å². The van der Waals surface area contributed by atoms with Gasteiger partial charge in [0.15, 0.2) is 5.78 Å². The van der Waals surface area contributed by atoms with Gasteiger partial charge in [-0.1, -0.05) is 0 Å². The largest absolute Gasteiger partial charge is 0.497 e. The minimum atomic E-state index is -0.171. The summed E-state index contributed by atoms with van der Waals surface area (Å²) in [6, 6.07) is 5.44. The number of rotatable bonds is 2. The number of aryl methyl sites for hydroxylation is 1. The molecule has 18 heavy (non-hydrogen) atoms. The summed E-state index contributed by atoms with van der Waals surface area (Å²) in [6.45, 7) is 1.42. The van der Waals surface area contributed by atoms with Gasteiger partial charge in [-0.3, -0.25) is 9.59 Å². The van der Waals surface area contributed by atoms with Crippen LogP contribution in [-0.2, 0) is 11.2 Å². The lowest BCUT2D eigenvalue weighted by Gasteiger charge is -2.18. The third-order valence-corrected chi connectivity index (χ3v) is 2.96. The summed E-state index contributed by atoms with van der Waals surface area (Å²) in [5.41, 5.74) is 2.33. The van der Waals surface area contributed by atoms with E-state index in [0.717, 1.165) is 17.7 Å². The fourth-order valence-corrected chi connectivity index (χ4v) is 2.01. The molecule has 0 aromatic heterocycles. The number of allylic oxidation sites excluding steroid dienone is 1.